The Morgan fingerprint density at radius 1 is 0.903 bits per heavy atom. The summed E-state index contributed by atoms with van der Waals surface area (Å²) >= 11 is 0. The summed E-state index contributed by atoms with van der Waals surface area (Å²) in [5, 5.41) is 0. The van der Waals surface area contributed by atoms with Gasteiger partial charge in [-0.2, -0.15) is 0 Å². The van der Waals surface area contributed by atoms with Crippen molar-refractivity contribution in [2.75, 3.05) is 0 Å². The molecule has 2 nitrogen and oxygen atoms in total. The van der Waals surface area contributed by atoms with Gasteiger partial charge in [0.05, 0.1) is 0 Å². The number of hydrogen-bond acceptors (Lipinski definition) is 2. The molecule has 4 unspecified atom stereocenters. The minimum Gasteiger partial charge on any atom is -0.463 e. The molecule has 0 radical (unpaired) electrons. The van der Waals surface area contributed by atoms with Gasteiger partial charge in [-0.25, -0.2) is 0 Å². The van der Waals surface area contributed by atoms with E-state index in [0.29, 0.717) is 17.3 Å². The number of allylic oxidation sites excluding steroid dienone is 2. The molecule has 2 heteroatoms. The van der Waals surface area contributed by atoms with E-state index in [0.717, 1.165) is 54.3 Å². The first kappa shape index (κ1) is 23.4. The Morgan fingerprint density at radius 2 is 1.65 bits per heavy atom. The van der Waals surface area contributed by atoms with Crippen molar-refractivity contribution >= 4 is 5.97 Å². The molecule has 0 aromatic heterocycles. The maximum Gasteiger partial charge on any atom is 0.302 e. The van der Waals surface area contributed by atoms with Gasteiger partial charge in [-0.1, -0.05) is 46.8 Å². The molecule has 0 heterocycles. The summed E-state index contributed by atoms with van der Waals surface area (Å²) in [4.78, 5) is 11.4. The highest BCUT2D eigenvalue weighted by atomic mass is 16.5. The molecule has 4 saturated carbocycles. The monoisotopic (exact) mass is 428 g/mol. The number of ether oxygens (including phenoxy) is 1. The lowest BCUT2D eigenvalue weighted by Gasteiger charge is -2.56. The predicted octanol–water partition coefficient (Wildman–Crippen LogP) is 7.67. The van der Waals surface area contributed by atoms with Gasteiger partial charge in [-0.15, -0.1) is 0 Å². The third kappa shape index (κ3) is 4.51. The van der Waals surface area contributed by atoms with E-state index in [1.54, 1.807) is 6.92 Å². The zero-order chi connectivity index (χ0) is 22.3. The van der Waals surface area contributed by atoms with Gasteiger partial charge in [0, 0.05) is 6.92 Å². The van der Waals surface area contributed by atoms with Gasteiger partial charge in [0.15, 0.2) is 0 Å². The molecular weight excluding hydrogens is 380 g/mol. The van der Waals surface area contributed by atoms with Crippen LogP contribution in [0, 0.1) is 58.7 Å². The van der Waals surface area contributed by atoms with Crippen molar-refractivity contribution < 1.29 is 9.53 Å². The van der Waals surface area contributed by atoms with E-state index in [-0.39, 0.29) is 12.1 Å². The average molecular weight is 429 g/mol. The average Bonchev–Trinajstić information content (AvgIpc) is 3.08. The van der Waals surface area contributed by atoms with Crippen LogP contribution in [0.3, 0.4) is 0 Å². The number of fused-ring (bicyclic) bond motifs is 5. The maximum absolute atomic E-state index is 11.4. The number of rotatable bonds is 5. The molecule has 4 aliphatic rings. The lowest BCUT2D eigenvalue weighted by molar-refractivity contribution is -0.152. The molecule has 0 aliphatic heterocycles. The highest BCUT2D eigenvalue weighted by Gasteiger charge is 2.57. The van der Waals surface area contributed by atoms with Crippen molar-refractivity contribution in [1.29, 1.82) is 0 Å². The van der Waals surface area contributed by atoms with Crippen molar-refractivity contribution in [1.82, 2.24) is 0 Å². The second-order valence-electron chi connectivity index (χ2n) is 12.6. The third-order valence-electron chi connectivity index (χ3n) is 10.7. The minimum absolute atomic E-state index is 0.0893. The highest BCUT2D eigenvalue weighted by molar-refractivity contribution is 5.66. The molecule has 0 spiro atoms. The summed E-state index contributed by atoms with van der Waals surface area (Å²) in [7, 11) is 0. The van der Waals surface area contributed by atoms with Gasteiger partial charge in [-0.05, 0) is 116 Å². The van der Waals surface area contributed by atoms with Crippen LogP contribution in [0.5, 0.6) is 0 Å². The molecular formula is C29H48O2. The second kappa shape index (κ2) is 9.22. The Balaban J connectivity index is 1.42. The third-order valence-corrected chi connectivity index (χ3v) is 10.7. The molecule has 0 aromatic rings. The summed E-state index contributed by atoms with van der Waals surface area (Å²) in [6, 6.07) is 0. The van der Waals surface area contributed by atoms with E-state index in [4.69, 9.17) is 4.74 Å². The standard InChI is InChI=1S/C29H48O2/c1-18(2)19(3)7-8-20(4)27-13-14-28-26-11-9-22-17-23(31-21(5)30)10-12-24(22)25(26)15-16-29(27,28)6/h7-8,18-20,22-28H,9-17H2,1-6H3/b8-7+/t19?,20-,22+,23+,24+,25?,26?,27-,28?,29-/m1/s1. The molecule has 0 amide bonds. The first-order valence-electron chi connectivity index (χ1n) is 13.6. The van der Waals surface area contributed by atoms with E-state index in [2.05, 4.69) is 46.8 Å². The first-order chi connectivity index (χ1) is 14.7. The van der Waals surface area contributed by atoms with Crippen LogP contribution in [0.15, 0.2) is 12.2 Å². The molecule has 0 aromatic carbocycles. The molecule has 4 fully saturated rings. The zero-order valence-corrected chi connectivity index (χ0v) is 21.1. The second-order valence-corrected chi connectivity index (χ2v) is 12.6. The lowest BCUT2D eigenvalue weighted by Crippen LogP contribution is -2.49. The summed E-state index contributed by atoms with van der Waals surface area (Å²) in [5.74, 6) is 7.46. The van der Waals surface area contributed by atoms with Crippen molar-refractivity contribution in [3.63, 3.8) is 0 Å². The van der Waals surface area contributed by atoms with E-state index in [9.17, 15) is 4.79 Å². The smallest absolute Gasteiger partial charge is 0.302 e. The van der Waals surface area contributed by atoms with Crippen LogP contribution in [0.25, 0.3) is 0 Å². The Morgan fingerprint density at radius 3 is 2.35 bits per heavy atom. The highest BCUT2D eigenvalue weighted by Crippen LogP contribution is 2.65. The number of esters is 1. The van der Waals surface area contributed by atoms with Gasteiger partial charge in [-0.3, -0.25) is 4.79 Å². The zero-order valence-electron chi connectivity index (χ0n) is 21.1. The van der Waals surface area contributed by atoms with E-state index in [1.165, 1.54) is 44.9 Å². The normalized spacial score (nSPS) is 44.4. The van der Waals surface area contributed by atoms with Crippen molar-refractivity contribution in [2.45, 2.75) is 105 Å². The predicted molar refractivity (Wildman–Crippen MR) is 128 cm³/mol. The summed E-state index contributed by atoms with van der Waals surface area (Å²) < 4.78 is 5.61. The Labute approximate surface area is 192 Å². The van der Waals surface area contributed by atoms with E-state index in [1.807, 2.05) is 0 Å². The summed E-state index contributed by atoms with van der Waals surface area (Å²) in [6.45, 7) is 13.8. The van der Waals surface area contributed by atoms with Crippen LogP contribution in [0.1, 0.15) is 99.3 Å². The van der Waals surface area contributed by atoms with Crippen molar-refractivity contribution in [3.8, 4) is 0 Å². The quantitative estimate of drug-likeness (QED) is 0.332. The van der Waals surface area contributed by atoms with Crippen LogP contribution in [0.4, 0.5) is 0 Å². The van der Waals surface area contributed by atoms with Crippen molar-refractivity contribution in [3.05, 3.63) is 12.2 Å². The summed E-state index contributed by atoms with van der Waals surface area (Å²) in [5.41, 5.74) is 0.549. The topological polar surface area (TPSA) is 26.3 Å². The van der Waals surface area contributed by atoms with Crippen LogP contribution in [0.2, 0.25) is 0 Å². The van der Waals surface area contributed by atoms with Crippen LogP contribution in [-0.2, 0) is 9.53 Å². The Bertz CT molecular complexity index is 666. The molecule has 176 valence electrons. The molecule has 31 heavy (non-hydrogen) atoms. The van der Waals surface area contributed by atoms with E-state index < -0.39 is 0 Å². The van der Waals surface area contributed by atoms with Gasteiger partial charge in [0.25, 0.3) is 0 Å². The van der Waals surface area contributed by atoms with Gasteiger partial charge in [0.2, 0.25) is 0 Å². The Kier molecular flexibility index (Phi) is 6.95. The molecule has 0 bridgehead atoms. The fraction of sp³-hybridized carbons (Fsp3) is 0.897. The molecule has 0 N–H and O–H groups in total. The first-order valence-corrected chi connectivity index (χ1v) is 13.6. The molecule has 0 saturated heterocycles. The van der Waals surface area contributed by atoms with Crippen LogP contribution < -0.4 is 0 Å². The van der Waals surface area contributed by atoms with E-state index >= 15 is 0 Å². The molecule has 10 atom stereocenters. The molecule has 4 rings (SSSR count). The maximum atomic E-state index is 11.4. The SMILES string of the molecule is CC(=O)O[C@H]1CC[C@@H]2C3CC[C@@]4(C)C(CC[C@@H]4[C@H](C)/C=C/C(C)C(C)C)C3CC[C@H]2C1. The van der Waals surface area contributed by atoms with Gasteiger partial charge in [0.1, 0.15) is 6.10 Å². The summed E-state index contributed by atoms with van der Waals surface area (Å²) in [6.07, 6.45) is 17.4. The largest absolute Gasteiger partial charge is 0.463 e. The number of carbonyl (C=O) groups is 1. The fourth-order valence-electron chi connectivity index (χ4n) is 8.76. The number of hydrogen-bond donors (Lipinski definition) is 0. The van der Waals surface area contributed by atoms with Gasteiger partial charge < -0.3 is 4.74 Å². The molecule has 4 aliphatic carbocycles. The fourth-order valence-corrected chi connectivity index (χ4v) is 8.76. The number of carbonyl (C=O) groups excluding carboxylic acids is 1. The van der Waals surface area contributed by atoms with Crippen LogP contribution in [-0.4, -0.2) is 12.1 Å². The van der Waals surface area contributed by atoms with Crippen molar-refractivity contribution in [2.24, 2.45) is 58.7 Å². The lowest BCUT2D eigenvalue weighted by atomic mass is 9.49. The van der Waals surface area contributed by atoms with Gasteiger partial charge >= 0.3 is 5.97 Å². The minimum atomic E-state index is -0.0893. The Hall–Kier alpha value is -0.790. The van der Waals surface area contributed by atoms with Crippen LogP contribution >= 0.6 is 0 Å².